The highest BCUT2D eigenvalue weighted by Crippen LogP contribution is 2.40. The Bertz CT molecular complexity index is 1140. The zero-order valence-electron chi connectivity index (χ0n) is 17.6. The third kappa shape index (κ3) is 4.21. The Balaban J connectivity index is 1.77. The molecule has 0 bridgehead atoms. The predicted octanol–water partition coefficient (Wildman–Crippen LogP) is 1.55. The number of carbonyl (C=O) groups excluding carboxylic acids is 1. The normalized spacial score (nSPS) is 17.6. The fourth-order valence-electron chi connectivity index (χ4n) is 4.26. The molecule has 3 heterocycles. The SMILES string of the molecule is CC1(n2c(C(O)N(N)C=O)cc3cnc(Nc4ccc(S(N)=O)cn4)nc32)CCCCC1. The van der Waals surface area contributed by atoms with Gasteiger partial charge in [-0.3, -0.25) is 4.79 Å². The van der Waals surface area contributed by atoms with Gasteiger partial charge in [0.05, 0.1) is 10.6 Å². The molecule has 0 aromatic carbocycles. The first-order valence-corrected chi connectivity index (χ1v) is 11.5. The molecule has 3 aromatic heterocycles. The average molecular weight is 459 g/mol. The van der Waals surface area contributed by atoms with Crippen molar-refractivity contribution >= 4 is 40.2 Å². The minimum atomic E-state index is -1.61. The van der Waals surface area contributed by atoms with Gasteiger partial charge < -0.3 is 15.0 Å². The highest BCUT2D eigenvalue weighted by Gasteiger charge is 2.35. The summed E-state index contributed by atoms with van der Waals surface area (Å²) >= 11 is 0. The van der Waals surface area contributed by atoms with E-state index in [1.807, 2.05) is 4.57 Å². The third-order valence-electron chi connectivity index (χ3n) is 5.92. The van der Waals surface area contributed by atoms with Gasteiger partial charge in [0.1, 0.15) is 22.5 Å². The number of rotatable bonds is 7. The molecule has 0 radical (unpaired) electrons. The van der Waals surface area contributed by atoms with Gasteiger partial charge in [0.2, 0.25) is 12.4 Å². The first kappa shape index (κ1) is 22.3. The number of hydrazine groups is 1. The molecule has 1 saturated carbocycles. The smallest absolute Gasteiger partial charge is 0.230 e. The third-order valence-corrected chi connectivity index (χ3v) is 6.62. The van der Waals surface area contributed by atoms with E-state index in [1.165, 1.54) is 6.20 Å². The standard InChI is InChI=1S/C20H26N8O3S/c1-20(7-3-2-4-8-20)28-15(18(30)27(21)12-29)9-13-10-24-19(26-17(13)28)25-16-6-5-14(11-23-16)32(22)31/h5-6,9-12,18,30H,2-4,7-8,21-22H2,1H3,(H,23,24,25,26). The van der Waals surface area contributed by atoms with Crippen molar-refractivity contribution in [3.63, 3.8) is 0 Å². The van der Waals surface area contributed by atoms with E-state index in [1.54, 1.807) is 24.4 Å². The van der Waals surface area contributed by atoms with Gasteiger partial charge in [-0.15, -0.1) is 0 Å². The number of nitrogens with one attached hydrogen (secondary N) is 1. The Morgan fingerprint density at radius 1 is 1.28 bits per heavy atom. The maximum absolute atomic E-state index is 11.4. The van der Waals surface area contributed by atoms with Gasteiger partial charge in [-0.05, 0) is 38.0 Å². The molecule has 11 nitrogen and oxygen atoms in total. The van der Waals surface area contributed by atoms with E-state index in [-0.39, 0.29) is 5.54 Å². The summed E-state index contributed by atoms with van der Waals surface area (Å²) in [5.41, 5.74) is 0.815. The second-order valence-corrected chi connectivity index (χ2v) is 9.23. The van der Waals surface area contributed by atoms with Crippen LogP contribution in [0.25, 0.3) is 11.0 Å². The summed E-state index contributed by atoms with van der Waals surface area (Å²) in [5, 5.41) is 20.6. The Hall–Kier alpha value is -2.93. The molecule has 1 amide bonds. The molecular weight excluding hydrogens is 432 g/mol. The van der Waals surface area contributed by atoms with E-state index in [0.717, 1.165) is 42.5 Å². The van der Waals surface area contributed by atoms with Crippen molar-refractivity contribution in [2.75, 3.05) is 5.32 Å². The summed E-state index contributed by atoms with van der Waals surface area (Å²) in [7, 11) is -1.61. The molecule has 4 rings (SSSR count). The van der Waals surface area contributed by atoms with Crippen LogP contribution in [0, 0.1) is 0 Å². The number of nitrogens with zero attached hydrogens (tertiary/aromatic N) is 5. The van der Waals surface area contributed by atoms with Crippen molar-refractivity contribution in [1.29, 1.82) is 0 Å². The molecule has 1 aliphatic rings. The molecule has 1 aliphatic carbocycles. The van der Waals surface area contributed by atoms with Crippen LogP contribution in [0.1, 0.15) is 50.9 Å². The van der Waals surface area contributed by atoms with Crippen LogP contribution in [-0.2, 0) is 21.3 Å². The predicted molar refractivity (Wildman–Crippen MR) is 119 cm³/mol. The summed E-state index contributed by atoms with van der Waals surface area (Å²) in [6, 6.07) is 5.01. The number of pyridine rings is 1. The van der Waals surface area contributed by atoms with Gasteiger partial charge in [-0.25, -0.2) is 30.2 Å². The minimum absolute atomic E-state index is 0.295. The lowest BCUT2D eigenvalue weighted by Gasteiger charge is -2.38. The number of aromatic nitrogens is 4. The van der Waals surface area contributed by atoms with E-state index in [9.17, 15) is 14.1 Å². The second-order valence-electron chi connectivity index (χ2n) is 8.16. The van der Waals surface area contributed by atoms with E-state index < -0.39 is 17.2 Å². The highest BCUT2D eigenvalue weighted by atomic mass is 32.2. The lowest BCUT2D eigenvalue weighted by molar-refractivity contribution is -0.129. The molecule has 12 heteroatoms. The lowest BCUT2D eigenvalue weighted by Crippen LogP contribution is -2.39. The summed E-state index contributed by atoms with van der Waals surface area (Å²) < 4.78 is 13.3. The van der Waals surface area contributed by atoms with Gasteiger partial charge in [-0.2, -0.15) is 4.98 Å². The summed E-state index contributed by atoms with van der Waals surface area (Å²) in [6.07, 6.45) is 7.23. The first-order valence-electron chi connectivity index (χ1n) is 10.3. The molecule has 0 saturated heterocycles. The van der Waals surface area contributed by atoms with Crippen molar-refractivity contribution in [2.24, 2.45) is 11.0 Å². The number of fused-ring (bicyclic) bond motifs is 1. The number of aliphatic hydroxyl groups excluding tert-OH is 1. The van der Waals surface area contributed by atoms with E-state index in [0.29, 0.717) is 34.4 Å². The molecule has 1 fully saturated rings. The van der Waals surface area contributed by atoms with Gasteiger partial charge in [0.25, 0.3) is 0 Å². The summed E-state index contributed by atoms with van der Waals surface area (Å²) in [6.45, 7) is 2.13. The van der Waals surface area contributed by atoms with Crippen molar-refractivity contribution in [3.05, 3.63) is 36.3 Å². The zero-order valence-corrected chi connectivity index (χ0v) is 18.5. The number of aliphatic hydroxyl groups is 1. The van der Waals surface area contributed by atoms with Crippen LogP contribution < -0.4 is 16.3 Å². The van der Waals surface area contributed by atoms with E-state index >= 15 is 0 Å². The van der Waals surface area contributed by atoms with Crippen LogP contribution in [0.4, 0.5) is 11.8 Å². The van der Waals surface area contributed by atoms with Gasteiger partial charge in [0, 0.05) is 23.3 Å². The van der Waals surface area contributed by atoms with Crippen LogP contribution in [0.3, 0.4) is 0 Å². The Morgan fingerprint density at radius 3 is 2.66 bits per heavy atom. The largest absolute Gasteiger partial charge is 0.367 e. The maximum atomic E-state index is 11.4. The first-order chi connectivity index (χ1) is 15.3. The van der Waals surface area contributed by atoms with Gasteiger partial charge in [0.15, 0.2) is 6.23 Å². The van der Waals surface area contributed by atoms with Gasteiger partial charge in [-0.1, -0.05) is 19.3 Å². The Kier molecular flexibility index (Phi) is 6.20. The topological polar surface area (TPSA) is 165 Å². The molecular formula is C20H26N8O3S. The van der Waals surface area contributed by atoms with Crippen molar-refractivity contribution in [3.8, 4) is 0 Å². The number of nitrogens with two attached hydrogens (primary N) is 2. The summed E-state index contributed by atoms with van der Waals surface area (Å²) in [4.78, 5) is 24.8. The van der Waals surface area contributed by atoms with E-state index in [2.05, 4.69) is 22.2 Å². The van der Waals surface area contributed by atoms with Crippen molar-refractivity contribution in [2.45, 2.75) is 55.7 Å². The highest BCUT2D eigenvalue weighted by molar-refractivity contribution is 7.82. The lowest BCUT2D eigenvalue weighted by atomic mass is 9.83. The van der Waals surface area contributed by atoms with Crippen molar-refractivity contribution < 1.29 is 14.1 Å². The molecule has 170 valence electrons. The molecule has 0 aliphatic heterocycles. The van der Waals surface area contributed by atoms with Gasteiger partial charge >= 0.3 is 0 Å². The number of hydrogen-bond donors (Lipinski definition) is 4. The summed E-state index contributed by atoms with van der Waals surface area (Å²) in [5.74, 6) is 6.47. The minimum Gasteiger partial charge on any atom is -0.367 e. The Morgan fingerprint density at radius 2 is 2.03 bits per heavy atom. The fraction of sp³-hybridized carbons (Fsp3) is 0.400. The van der Waals surface area contributed by atoms with Crippen LogP contribution in [0.5, 0.6) is 0 Å². The molecule has 2 atom stereocenters. The van der Waals surface area contributed by atoms with Crippen molar-refractivity contribution in [1.82, 2.24) is 24.5 Å². The molecule has 3 aromatic rings. The van der Waals surface area contributed by atoms with Crippen LogP contribution in [0.2, 0.25) is 0 Å². The molecule has 2 unspecified atom stereocenters. The van der Waals surface area contributed by atoms with E-state index in [4.69, 9.17) is 16.0 Å². The zero-order chi connectivity index (χ0) is 22.9. The number of hydrogen-bond acceptors (Lipinski definition) is 8. The number of anilines is 2. The fourth-order valence-corrected chi connectivity index (χ4v) is 4.62. The van der Waals surface area contributed by atoms with Crippen LogP contribution in [-0.4, -0.2) is 40.3 Å². The number of amides is 1. The van der Waals surface area contributed by atoms with Crippen LogP contribution in [0.15, 0.2) is 35.5 Å². The molecule has 32 heavy (non-hydrogen) atoms. The average Bonchev–Trinajstić information content (AvgIpc) is 3.18. The second kappa shape index (κ2) is 8.90. The maximum Gasteiger partial charge on any atom is 0.230 e. The molecule has 6 N–H and O–H groups in total. The molecule has 0 spiro atoms. The quantitative estimate of drug-likeness (QED) is 0.136. The monoisotopic (exact) mass is 458 g/mol. The van der Waals surface area contributed by atoms with Crippen LogP contribution >= 0.6 is 0 Å². The Labute approximate surface area is 187 Å². The number of carbonyl (C=O) groups is 1.